The second-order valence-corrected chi connectivity index (χ2v) is 7.48. The van der Waals surface area contributed by atoms with Crippen LogP contribution in [0.3, 0.4) is 0 Å². The van der Waals surface area contributed by atoms with E-state index < -0.39 is 11.4 Å². The standard InChI is InChI=1S/C16H19Cl2NO4S/c1-23-9-16(15(21)22)4-3-5-19(8-16)14(20)10-6-13(24-2)12(18)7-11(10)17/h6-7H,3-5,8-9H2,1-2H3,(H,21,22). The van der Waals surface area contributed by atoms with Gasteiger partial charge in [0.15, 0.2) is 0 Å². The minimum atomic E-state index is -1.08. The fourth-order valence-corrected chi connectivity index (χ4v) is 4.14. The number of aliphatic carboxylic acids is 1. The summed E-state index contributed by atoms with van der Waals surface area (Å²) >= 11 is 13.7. The Morgan fingerprint density at radius 2 is 2.08 bits per heavy atom. The number of hydrogen-bond donors (Lipinski definition) is 1. The van der Waals surface area contributed by atoms with Gasteiger partial charge in [-0.05, 0) is 31.2 Å². The van der Waals surface area contributed by atoms with Crippen molar-refractivity contribution in [2.24, 2.45) is 5.41 Å². The molecule has 0 aliphatic carbocycles. The third kappa shape index (κ3) is 3.82. The first-order chi connectivity index (χ1) is 11.3. The Morgan fingerprint density at radius 3 is 2.67 bits per heavy atom. The number of rotatable bonds is 5. The number of nitrogens with zero attached hydrogens (tertiary/aromatic N) is 1. The summed E-state index contributed by atoms with van der Waals surface area (Å²) in [4.78, 5) is 26.9. The molecule has 0 bridgehead atoms. The van der Waals surface area contributed by atoms with Gasteiger partial charge in [-0.2, -0.15) is 0 Å². The lowest BCUT2D eigenvalue weighted by Gasteiger charge is -2.39. The van der Waals surface area contributed by atoms with Crippen molar-refractivity contribution < 1.29 is 19.4 Å². The van der Waals surface area contributed by atoms with Gasteiger partial charge in [-0.1, -0.05) is 23.2 Å². The fraction of sp³-hybridized carbons (Fsp3) is 0.500. The highest BCUT2D eigenvalue weighted by Gasteiger charge is 2.44. The Morgan fingerprint density at radius 1 is 1.38 bits per heavy atom. The van der Waals surface area contributed by atoms with Crippen LogP contribution in [-0.4, -0.2) is 54.9 Å². The average Bonchev–Trinajstić information content (AvgIpc) is 2.55. The van der Waals surface area contributed by atoms with Crippen LogP contribution in [0.15, 0.2) is 17.0 Å². The Labute approximate surface area is 155 Å². The first kappa shape index (κ1) is 19.4. The molecule has 0 aromatic heterocycles. The lowest BCUT2D eigenvalue weighted by molar-refractivity contribution is -0.155. The summed E-state index contributed by atoms with van der Waals surface area (Å²) in [5, 5.41) is 10.4. The van der Waals surface area contributed by atoms with E-state index in [2.05, 4.69) is 0 Å². The number of hydrogen-bond acceptors (Lipinski definition) is 4. The van der Waals surface area contributed by atoms with Gasteiger partial charge < -0.3 is 14.7 Å². The van der Waals surface area contributed by atoms with E-state index >= 15 is 0 Å². The van der Waals surface area contributed by atoms with E-state index in [0.717, 1.165) is 4.90 Å². The monoisotopic (exact) mass is 391 g/mol. The van der Waals surface area contributed by atoms with Crippen molar-refractivity contribution in [3.8, 4) is 0 Å². The van der Waals surface area contributed by atoms with Gasteiger partial charge in [-0.3, -0.25) is 9.59 Å². The van der Waals surface area contributed by atoms with Crippen LogP contribution in [0.2, 0.25) is 10.0 Å². The molecule has 8 heteroatoms. The maximum Gasteiger partial charge on any atom is 0.313 e. The van der Waals surface area contributed by atoms with E-state index in [4.69, 9.17) is 27.9 Å². The second-order valence-electron chi connectivity index (χ2n) is 5.82. The fourth-order valence-electron chi connectivity index (χ4n) is 2.96. The molecule has 1 N–H and O–H groups in total. The molecule has 1 aromatic rings. The topological polar surface area (TPSA) is 66.8 Å². The molecule has 0 radical (unpaired) electrons. The number of thioether (sulfide) groups is 1. The third-order valence-electron chi connectivity index (χ3n) is 4.21. The molecule has 1 heterocycles. The van der Waals surface area contributed by atoms with Crippen molar-refractivity contribution >= 4 is 46.8 Å². The summed E-state index contributed by atoms with van der Waals surface area (Å²) in [7, 11) is 1.46. The van der Waals surface area contributed by atoms with Crippen molar-refractivity contribution in [1.82, 2.24) is 4.90 Å². The maximum atomic E-state index is 12.9. The minimum Gasteiger partial charge on any atom is -0.481 e. The van der Waals surface area contributed by atoms with Crippen LogP contribution in [0.4, 0.5) is 0 Å². The molecular formula is C16H19Cl2NO4S. The molecule has 1 saturated heterocycles. The van der Waals surface area contributed by atoms with E-state index in [0.29, 0.717) is 30.0 Å². The van der Waals surface area contributed by atoms with Gasteiger partial charge in [0.25, 0.3) is 5.91 Å². The number of piperidine rings is 1. The number of carboxylic acid groups (broad SMARTS) is 1. The molecule has 1 fully saturated rings. The van der Waals surface area contributed by atoms with Crippen LogP contribution in [0, 0.1) is 5.41 Å². The third-order valence-corrected chi connectivity index (χ3v) is 5.73. The van der Waals surface area contributed by atoms with Crippen molar-refractivity contribution in [3.05, 3.63) is 27.7 Å². The molecule has 1 unspecified atom stereocenters. The van der Waals surface area contributed by atoms with Crippen molar-refractivity contribution in [2.75, 3.05) is 33.1 Å². The highest BCUT2D eigenvalue weighted by Crippen LogP contribution is 2.35. The van der Waals surface area contributed by atoms with Gasteiger partial charge in [-0.15, -0.1) is 11.8 Å². The predicted molar refractivity (Wildman–Crippen MR) is 95.3 cm³/mol. The number of carboxylic acids is 1. The largest absolute Gasteiger partial charge is 0.481 e. The maximum absolute atomic E-state index is 12.9. The number of amides is 1. The number of carbonyl (C=O) groups excluding carboxylic acids is 1. The van der Waals surface area contributed by atoms with E-state index in [1.54, 1.807) is 12.1 Å². The highest BCUT2D eigenvalue weighted by atomic mass is 35.5. The molecule has 1 aliphatic rings. The number of carbonyl (C=O) groups is 2. The molecule has 1 aliphatic heterocycles. The molecule has 1 aromatic carbocycles. The van der Waals surface area contributed by atoms with Crippen molar-refractivity contribution in [1.29, 1.82) is 0 Å². The van der Waals surface area contributed by atoms with Gasteiger partial charge >= 0.3 is 5.97 Å². The zero-order valence-electron chi connectivity index (χ0n) is 13.5. The summed E-state index contributed by atoms with van der Waals surface area (Å²) in [6.07, 6.45) is 2.94. The zero-order chi connectivity index (χ0) is 17.9. The lowest BCUT2D eigenvalue weighted by Crippen LogP contribution is -2.52. The molecule has 1 atom stereocenters. The Balaban J connectivity index is 2.31. The van der Waals surface area contributed by atoms with E-state index in [1.807, 2.05) is 6.26 Å². The molecule has 24 heavy (non-hydrogen) atoms. The number of ether oxygens (including phenoxy) is 1. The second kappa shape index (κ2) is 7.95. The van der Waals surface area contributed by atoms with Crippen LogP contribution >= 0.6 is 35.0 Å². The zero-order valence-corrected chi connectivity index (χ0v) is 15.8. The predicted octanol–water partition coefficient (Wildman–Crippen LogP) is 3.67. The quantitative estimate of drug-likeness (QED) is 0.775. The number of halogens is 2. The molecular weight excluding hydrogens is 373 g/mol. The van der Waals surface area contributed by atoms with Crippen molar-refractivity contribution in [2.45, 2.75) is 17.7 Å². The highest BCUT2D eigenvalue weighted by molar-refractivity contribution is 7.98. The first-order valence-corrected chi connectivity index (χ1v) is 9.37. The van der Waals surface area contributed by atoms with Crippen LogP contribution in [0.25, 0.3) is 0 Å². The molecule has 0 saturated carbocycles. The summed E-state index contributed by atoms with van der Waals surface area (Å²) in [5.41, 5.74) is -0.742. The number of benzene rings is 1. The van der Waals surface area contributed by atoms with Crippen molar-refractivity contribution in [3.63, 3.8) is 0 Å². The van der Waals surface area contributed by atoms with Crippen LogP contribution in [-0.2, 0) is 9.53 Å². The normalized spacial score (nSPS) is 20.9. The Hall–Kier alpha value is -0.950. The van der Waals surface area contributed by atoms with Gasteiger partial charge in [0.1, 0.15) is 5.41 Å². The molecule has 2 rings (SSSR count). The minimum absolute atomic E-state index is 0.0660. The summed E-state index contributed by atoms with van der Waals surface area (Å²) < 4.78 is 5.09. The van der Waals surface area contributed by atoms with Gasteiger partial charge in [0, 0.05) is 25.1 Å². The average molecular weight is 392 g/mol. The lowest BCUT2D eigenvalue weighted by atomic mass is 9.80. The van der Waals surface area contributed by atoms with E-state index in [-0.39, 0.29) is 24.1 Å². The van der Waals surface area contributed by atoms with Crippen LogP contribution < -0.4 is 0 Å². The summed E-state index contributed by atoms with van der Waals surface area (Å²) in [6, 6.07) is 3.21. The first-order valence-electron chi connectivity index (χ1n) is 7.39. The SMILES string of the molecule is COCC1(C(=O)O)CCCN(C(=O)c2cc(SC)c(Cl)cc2Cl)C1. The summed E-state index contributed by atoms with van der Waals surface area (Å²) in [6.45, 7) is 0.657. The van der Waals surface area contributed by atoms with Crippen LogP contribution in [0.1, 0.15) is 23.2 Å². The Kier molecular flexibility index (Phi) is 6.42. The van der Waals surface area contributed by atoms with Gasteiger partial charge in [0.2, 0.25) is 0 Å². The molecule has 132 valence electrons. The molecule has 5 nitrogen and oxygen atoms in total. The van der Waals surface area contributed by atoms with Gasteiger partial charge in [-0.25, -0.2) is 0 Å². The molecule has 1 amide bonds. The molecule has 0 spiro atoms. The number of likely N-dealkylation sites (tertiary alicyclic amines) is 1. The van der Waals surface area contributed by atoms with Gasteiger partial charge in [0.05, 0.1) is 22.2 Å². The van der Waals surface area contributed by atoms with E-state index in [1.165, 1.54) is 23.8 Å². The Bertz CT molecular complexity index is 651. The van der Waals surface area contributed by atoms with E-state index in [9.17, 15) is 14.7 Å². The summed E-state index contributed by atoms with van der Waals surface area (Å²) in [5.74, 6) is -1.23. The number of methoxy groups -OCH3 is 1. The van der Waals surface area contributed by atoms with Crippen LogP contribution in [0.5, 0.6) is 0 Å². The smallest absolute Gasteiger partial charge is 0.313 e.